The Morgan fingerprint density at radius 2 is 1.95 bits per heavy atom. The molecule has 1 atom stereocenters. The van der Waals surface area contributed by atoms with E-state index in [0.717, 1.165) is 4.68 Å². The molecule has 2 rings (SSSR count). The van der Waals surface area contributed by atoms with Crippen LogP contribution in [-0.2, 0) is 11.0 Å². The van der Waals surface area contributed by atoms with Gasteiger partial charge in [-0.1, -0.05) is 0 Å². The van der Waals surface area contributed by atoms with Crippen LogP contribution in [0, 0.1) is 6.92 Å². The molecular formula is C13H12BrF3N4O. The van der Waals surface area contributed by atoms with Gasteiger partial charge < -0.3 is 5.32 Å². The van der Waals surface area contributed by atoms with Crippen LogP contribution in [0.5, 0.6) is 0 Å². The number of anilines is 1. The smallest absolute Gasteiger partial charge is 0.324 e. The summed E-state index contributed by atoms with van der Waals surface area (Å²) >= 11 is 2.88. The van der Waals surface area contributed by atoms with Gasteiger partial charge in [0.1, 0.15) is 6.04 Å². The lowest BCUT2D eigenvalue weighted by Gasteiger charge is -2.14. The molecule has 0 aromatic carbocycles. The average Bonchev–Trinajstić information content (AvgIpc) is 2.75. The van der Waals surface area contributed by atoms with Crippen LogP contribution < -0.4 is 5.32 Å². The van der Waals surface area contributed by atoms with Gasteiger partial charge in [0.2, 0.25) is 5.91 Å². The fourth-order valence-corrected chi connectivity index (χ4v) is 2.34. The van der Waals surface area contributed by atoms with Crippen LogP contribution in [-0.4, -0.2) is 20.7 Å². The maximum absolute atomic E-state index is 12.8. The zero-order valence-corrected chi connectivity index (χ0v) is 13.2. The minimum absolute atomic E-state index is 0.163. The lowest BCUT2D eigenvalue weighted by molar-refractivity contribution is -0.142. The van der Waals surface area contributed by atoms with Crippen molar-refractivity contribution in [1.82, 2.24) is 14.8 Å². The number of halogens is 4. The van der Waals surface area contributed by atoms with Crippen LogP contribution >= 0.6 is 15.9 Å². The normalized spacial score (nSPS) is 13.0. The number of carbonyl (C=O) groups excluding carboxylic acids is 1. The summed E-state index contributed by atoms with van der Waals surface area (Å²) in [4.78, 5) is 16.0. The molecule has 2 aromatic rings. The summed E-state index contributed by atoms with van der Waals surface area (Å²) < 4.78 is 39.4. The van der Waals surface area contributed by atoms with Gasteiger partial charge in [-0.3, -0.25) is 14.5 Å². The lowest BCUT2D eigenvalue weighted by Crippen LogP contribution is -2.25. The fraction of sp³-hybridized carbons (Fsp3) is 0.308. The van der Waals surface area contributed by atoms with Gasteiger partial charge in [-0.15, -0.1) is 0 Å². The zero-order valence-electron chi connectivity index (χ0n) is 11.6. The highest BCUT2D eigenvalue weighted by Crippen LogP contribution is 2.36. The molecule has 0 saturated heterocycles. The molecule has 0 aliphatic heterocycles. The van der Waals surface area contributed by atoms with Crippen molar-refractivity contribution in [2.75, 3.05) is 5.32 Å². The predicted octanol–water partition coefficient (Wildman–Crippen LogP) is 3.57. The first-order valence-corrected chi connectivity index (χ1v) is 7.03. The fourth-order valence-electron chi connectivity index (χ4n) is 1.85. The number of nitrogens with one attached hydrogen (secondary N) is 1. The SMILES string of the molecule is Cc1c(Br)c(C(F)(F)F)nn1C(C)C(=O)Nc1ccncc1. The molecule has 0 fully saturated rings. The highest BCUT2D eigenvalue weighted by molar-refractivity contribution is 9.10. The van der Waals surface area contributed by atoms with Crippen molar-refractivity contribution in [3.63, 3.8) is 0 Å². The molecule has 1 N–H and O–H groups in total. The Kier molecular flexibility index (Phi) is 4.55. The van der Waals surface area contributed by atoms with Gasteiger partial charge in [0.15, 0.2) is 5.69 Å². The van der Waals surface area contributed by atoms with Crippen LogP contribution in [0.4, 0.5) is 18.9 Å². The first kappa shape index (κ1) is 16.5. The van der Waals surface area contributed by atoms with Crippen molar-refractivity contribution in [3.8, 4) is 0 Å². The summed E-state index contributed by atoms with van der Waals surface area (Å²) in [6, 6.07) is 2.26. The Morgan fingerprint density at radius 1 is 1.36 bits per heavy atom. The van der Waals surface area contributed by atoms with Gasteiger partial charge in [-0.05, 0) is 41.9 Å². The molecule has 9 heteroatoms. The third-order valence-electron chi connectivity index (χ3n) is 3.04. The third-order valence-corrected chi connectivity index (χ3v) is 3.99. The molecule has 5 nitrogen and oxygen atoms in total. The highest BCUT2D eigenvalue weighted by Gasteiger charge is 2.38. The molecule has 2 aromatic heterocycles. The Morgan fingerprint density at radius 3 is 2.45 bits per heavy atom. The summed E-state index contributed by atoms with van der Waals surface area (Å²) in [5.41, 5.74) is -0.315. The minimum atomic E-state index is -4.59. The molecule has 1 amide bonds. The number of rotatable bonds is 3. The van der Waals surface area contributed by atoms with E-state index in [1.165, 1.54) is 26.2 Å². The molecule has 0 spiro atoms. The van der Waals surface area contributed by atoms with Crippen LogP contribution in [0.15, 0.2) is 29.0 Å². The Bertz CT molecular complexity index is 685. The van der Waals surface area contributed by atoms with Gasteiger partial charge in [-0.2, -0.15) is 18.3 Å². The standard InChI is InChI=1S/C13H12BrF3N4O/c1-7-10(14)11(13(15,16)17)20-21(7)8(2)12(22)19-9-3-5-18-6-4-9/h3-6,8H,1-2H3,(H,18,19,22). The Labute approximate surface area is 132 Å². The van der Waals surface area contributed by atoms with Crippen LogP contribution in [0.1, 0.15) is 24.4 Å². The quantitative estimate of drug-likeness (QED) is 0.890. The number of carbonyl (C=O) groups is 1. The summed E-state index contributed by atoms with van der Waals surface area (Å²) in [5.74, 6) is -0.474. The van der Waals surface area contributed by atoms with Crippen molar-refractivity contribution in [3.05, 3.63) is 40.4 Å². The van der Waals surface area contributed by atoms with Crippen molar-refractivity contribution in [2.24, 2.45) is 0 Å². The van der Waals surface area contributed by atoms with E-state index in [-0.39, 0.29) is 10.2 Å². The van der Waals surface area contributed by atoms with Gasteiger partial charge in [-0.25, -0.2) is 0 Å². The monoisotopic (exact) mass is 376 g/mol. The Balaban J connectivity index is 2.26. The number of alkyl halides is 3. The lowest BCUT2D eigenvalue weighted by atomic mass is 10.3. The van der Waals surface area contributed by atoms with E-state index in [1.54, 1.807) is 12.1 Å². The molecule has 0 saturated carbocycles. The topological polar surface area (TPSA) is 59.8 Å². The van der Waals surface area contributed by atoms with E-state index in [4.69, 9.17) is 0 Å². The number of nitrogens with zero attached hydrogens (tertiary/aromatic N) is 3. The van der Waals surface area contributed by atoms with Gasteiger partial charge in [0, 0.05) is 18.1 Å². The third kappa shape index (κ3) is 3.29. The predicted molar refractivity (Wildman–Crippen MR) is 77.2 cm³/mol. The molecule has 0 aliphatic rings. The molecule has 0 radical (unpaired) electrons. The molecule has 118 valence electrons. The van der Waals surface area contributed by atoms with Gasteiger partial charge in [0.05, 0.1) is 10.2 Å². The average molecular weight is 377 g/mol. The molecular weight excluding hydrogens is 365 g/mol. The van der Waals surface area contributed by atoms with E-state index < -0.39 is 23.8 Å². The van der Waals surface area contributed by atoms with E-state index in [2.05, 4.69) is 31.3 Å². The molecule has 2 heterocycles. The second-order valence-electron chi connectivity index (χ2n) is 4.59. The number of pyridine rings is 1. The molecule has 22 heavy (non-hydrogen) atoms. The molecule has 0 aliphatic carbocycles. The van der Waals surface area contributed by atoms with Crippen LogP contribution in [0.3, 0.4) is 0 Å². The summed E-state index contributed by atoms with van der Waals surface area (Å²) in [5, 5.41) is 6.11. The van der Waals surface area contributed by atoms with Crippen molar-refractivity contribution >= 4 is 27.5 Å². The maximum Gasteiger partial charge on any atom is 0.436 e. The summed E-state index contributed by atoms with van der Waals surface area (Å²) in [6.07, 6.45) is -1.59. The van der Waals surface area contributed by atoms with E-state index in [0.29, 0.717) is 5.69 Å². The van der Waals surface area contributed by atoms with Crippen molar-refractivity contribution in [2.45, 2.75) is 26.1 Å². The number of amides is 1. The maximum atomic E-state index is 12.8. The Hall–Kier alpha value is -1.90. The van der Waals surface area contributed by atoms with Crippen molar-refractivity contribution in [1.29, 1.82) is 0 Å². The van der Waals surface area contributed by atoms with E-state index in [1.807, 2.05) is 0 Å². The summed E-state index contributed by atoms with van der Waals surface area (Å²) in [6.45, 7) is 2.94. The highest BCUT2D eigenvalue weighted by atomic mass is 79.9. The second kappa shape index (κ2) is 6.07. The first-order chi connectivity index (χ1) is 10.2. The van der Waals surface area contributed by atoms with Crippen molar-refractivity contribution < 1.29 is 18.0 Å². The molecule has 0 bridgehead atoms. The minimum Gasteiger partial charge on any atom is -0.324 e. The van der Waals surface area contributed by atoms with Gasteiger partial charge in [0.25, 0.3) is 0 Å². The number of hydrogen-bond donors (Lipinski definition) is 1. The van der Waals surface area contributed by atoms with Crippen LogP contribution in [0.25, 0.3) is 0 Å². The number of hydrogen-bond acceptors (Lipinski definition) is 3. The molecule has 1 unspecified atom stereocenters. The second-order valence-corrected chi connectivity index (χ2v) is 5.38. The zero-order chi connectivity index (χ0) is 16.5. The van der Waals surface area contributed by atoms with Gasteiger partial charge >= 0.3 is 6.18 Å². The van der Waals surface area contributed by atoms with E-state index >= 15 is 0 Å². The number of aromatic nitrogens is 3. The van der Waals surface area contributed by atoms with E-state index in [9.17, 15) is 18.0 Å². The first-order valence-electron chi connectivity index (χ1n) is 6.24. The largest absolute Gasteiger partial charge is 0.436 e. The summed E-state index contributed by atoms with van der Waals surface area (Å²) in [7, 11) is 0. The van der Waals surface area contributed by atoms with Crippen LogP contribution in [0.2, 0.25) is 0 Å².